The SMILES string of the molecule is N=C(C=O)c1cc(Cl)ccc1NC1CCCCO1. The Morgan fingerprint density at radius 1 is 1.50 bits per heavy atom. The maximum absolute atomic E-state index is 10.7. The number of ether oxygens (including phenoxy) is 1. The van der Waals surface area contributed by atoms with Crippen molar-refractivity contribution >= 4 is 29.3 Å². The summed E-state index contributed by atoms with van der Waals surface area (Å²) in [6, 6.07) is 5.12. The van der Waals surface area contributed by atoms with Crippen molar-refractivity contribution in [1.82, 2.24) is 0 Å². The molecule has 1 aliphatic heterocycles. The van der Waals surface area contributed by atoms with Crippen molar-refractivity contribution in [2.45, 2.75) is 25.5 Å². The molecule has 1 aromatic rings. The normalized spacial score (nSPS) is 19.3. The van der Waals surface area contributed by atoms with E-state index in [1.54, 1.807) is 18.2 Å². The van der Waals surface area contributed by atoms with Crippen LogP contribution in [0, 0.1) is 5.41 Å². The molecule has 96 valence electrons. The summed E-state index contributed by atoms with van der Waals surface area (Å²) < 4.78 is 5.58. The lowest BCUT2D eigenvalue weighted by atomic mass is 10.1. The van der Waals surface area contributed by atoms with Gasteiger partial charge in [0.05, 0.1) is 0 Å². The Morgan fingerprint density at radius 3 is 3.00 bits per heavy atom. The molecule has 0 aromatic heterocycles. The van der Waals surface area contributed by atoms with Gasteiger partial charge in [0.1, 0.15) is 11.9 Å². The molecule has 1 fully saturated rings. The van der Waals surface area contributed by atoms with Crippen LogP contribution in [0.25, 0.3) is 0 Å². The number of carbonyl (C=O) groups is 1. The molecular formula is C13H15ClN2O2. The number of halogens is 1. The van der Waals surface area contributed by atoms with Crippen LogP contribution in [0.1, 0.15) is 24.8 Å². The van der Waals surface area contributed by atoms with Crippen LogP contribution in [-0.2, 0) is 9.53 Å². The van der Waals surface area contributed by atoms with Crippen molar-refractivity contribution < 1.29 is 9.53 Å². The fourth-order valence-electron chi connectivity index (χ4n) is 1.96. The van der Waals surface area contributed by atoms with Gasteiger partial charge in [-0.25, -0.2) is 0 Å². The molecule has 2 N–H and O–H groups in total. The van der Waals surface area contributed by atoms with Crippen molar-refractivity contribution in [3.63, 3.8) is 0 Å². The van der Waals surface area contributed by atoms with Gasteiger partial charge in [0.15, 0.2) is 6.29 Å². The zero-order valence-electron chi connectivity index (χ0n) is 9.91. The van der Waals surface area contributed by atoms with E-state index in [0.29, 0.717) is 22.6 Å². The smallest absolute Gasteiger partial charge is 0.168 e. The van der Waals surface area contributed by atoms with Gasteiger partial charge in [0, 0.05) is 22.9 Å². The average Bonchev–Trinajstić information content (AvgIpc) is 2.41. The number of carbonyl (C=O) groups excluding carboxylic acids is 1. The van der Waals surface area contributed by atoms with Gasteiger partial charge in [-0.05, 0) is 37.5 Å². The molecule has 1 aliphatic rings. The zero-order valence-corrected chi connectivity index (χ0v) is 10.7. The van der Waals surface area contributed by atoms with E-state index in [4.69, 9.17) is 21.7 Å². The average molecular weight is 267 g/mol. The maximum Gasteiger partial charge on any atom is 0.168 e. The molecule has 1 aromatic carbocycles. The molecule has 1 heterocycles. The van der Waals surface area contributed by atoms with Crippen LogP contribution in [0.15, 0.2) is 18.2 Å². The fraction of sp³-hybridized carbons (Fsp3) is 0.385. The Bertz CT molecular complexity index is 456. The van der Waals surface area contributed by atoms with Crippen molar-refractivity contribution in [2.24, 2.45) is 0 Å². The van der Waals surface area contributed by atoms with Crippen LogP contribution in [0.5, 0.6) is 0 Å². The first-order valence-electron chi connectivity index (χ1n) is 5.92. The lowest BCUT2D eigenvalue weighted by molar-refractivity contribution is -0.102. The molecule has 1 unspecified atom stereocenters. The topological polar surface area (TPSA) is 62.2 Å². The summed E-state index contributed by atoms with van der Waals surface area (Å²) in [6.45, 7) is 0.742. The van der Waals surface area contributed by atoms with Crippen LogP contribution in [0.2, 0.25) is 5.02 Å². The molecule has 2 rings (SSSR count). The molecule has 0 saturated carbocycles. The van der Waals surface area contributed by atoms with Crippen molar-refractivity contribution in [1.29, 1.82) is 5.41 Å². The number of rotatable bonds is 4. The summed E-state index contributed by atoms with van der Waals surface area (Å²) in [7, 11) is 0. The molecule has 0 spiro atoms. The molecule has 1 atom stereocenters. The van der Waals surface area contributed by atoms with E-state index in [2.05, 4.69) is 5.32 Å². The fourth-order valence-corrected chi connectivity index (χ4v) is 2.13. The molecule has 0 amide bonds. The minimum Gasteiger partial charge on any atom is -0.360 e. The van der Waals surface area contributed by atoms with Gasteiger partial charge in [-0.2, -0.15) is 0 Å². The summed E-state index contributed by atoms with van der Waals surface area (Å²) >= 11 is 5.89. The summed E-state index contributed by atoms with van der Waals surface area (Å²) in [4.78, 5) is 10.7. The maximum atomic E-state index is 10.7. The lowest BCUT2D eigenvalue weighted by Crippen LogP contribution is -2.28. The highest BCUT2D eigenvalue weighted by atomic mass is 35.5. The van der Waals surface area contributed by atoms with Gasteiger partial charge in [0.2, 0.25) is 0 Å². The van der Waals surface area contributed by atoms with E-state index in [-0.39, 0.29) is 11.9 Å². The monoisotopic (exact) mass is 266 g/mol. The Morgan fingerprint density at radius 2 is 2.33 bits per heavy atom. The first kappa shape index (κ1) is 13.1. The quantitative estimate of drug-likeness (QED) is 0.651. The highest BCUT2D eigenvalue weighted by Gasteiger charge is 2.16. The minimum atomic E-state index is -0.0872. The van der Waals surface area contributed by atoms with E-state index in [0.717, 1.165) is 25.9 Å². The number of hydrogen-bond acceptors (Lipinski definition) is 4. The van der Waals surface area contributed by atoms with Gasteiger partial charge in [-0.15, -0.1) is 0 Å². The second kappa shape index (κ2) is 5.98. The van der Waals surface area contributed by atoms with Gasteiger partial charge >= 0.3 is 0 Å². The van der Waals surface area contributed by atoms with Gasteiger partial charge in [-0.3, -0.25) is 10.2 Å². The molecule has 1 saturated heterocycles. The molecule has 18 heavy (non-hydrogen) atoms. The molecule has 4 nitrogen and oxygen atoms in total. The van der Waals surface area contributed by atoms with E-state index in [9.17, 15) is 4.79 Å². The van der Waals surface area contributed by atoms with Crippen molar-refractivity contribution in [3.05, 3.63) is 28.8 Å². The van der Waals surface area contributed by atoms with Crippen LogP contribution >= 0.6 is 11.6 Å². The Labute approximate surface area is 111 Å². The predicted molar refractivity (Wildman–Crippen MR) is 71.6 cm³/mol. The van der Waals surface area contributed by atoms with E-state index >= 15 is 0 Å². The second-order valence-electron chi connectivity index (χ2n) is 4.22. The van der Waals surface area contributed by atoms with Gasteiger partial charge in [-0.1, -0.05) is 11.6 Å². The molecule has 0 bridgehead atoms. The van der Waals surface area contributed by atoms with E-state index in [1.807, 2.05) is 0 Å². The third-order valence-electron chi connectivity index (χ3n) is 2.89. The first-order chi connectivity index (χ1) is 8.70. The molecule has 5 heteroatoms. The highest BCUT2D eigenvalue weighted by Crippen LogP contribution is 2.23. The Hall–Kier alpha value is -1.39. The summed E-state index contributed by atoms with van der Waals surface area (Å²) in [5, 5.41) is 11.3. The summed E-state index contributed by atoms with van der Waals surface area (Å²) in [5.41, 5.74) is 1.13. The largest absolute Gasteiger partial charge is 0.360 e. The number of nitrogens with one attached hydrogen (secondary N) is 2. The second-order valence-corrected chi connectivity index (χ2v) is 4.66. The van der Waals surface area contributed by atoms with Crippen LogP contribution in [0.3, 0.4) is 0 Å². The third-order valence-corrected chi connectivity index (χ3v) is 3.12. The molecule has 0 radical (unpaired) electrons. The van der Waals surface area contributed by atoms with Crippen molar-refractivity contribution in [3.8, 4) is 0 Å². The number of hydrogen-bond donors (Lipinski definition) is 2. The number of benzene rings is 1. The highest BCUT2D eigenvalue weighted by molar-refractivity contribution is 6.37. The van der Waals surface area contributed by atoms with Gasteiger partial charge < -0.3 is 10.1 Å². The summed E-state index contributed by atoms with van der Waals surface area (Å²) in [6.07, 6.45) is 3.58. The summed E-state index contributed by atoms with van der Waals surface area (Å²) in [5.74, 6) is 0. The van der Waals surface area contributed by atoms with Crippen LogP contribution in [-0.4, -0.2) is 24.8 Å². The molecule has 0 aliphatic carbocycles. The van der Waals surface area contributed by atoms with Crippen molar-refractivity contribution in [2.75, 3.05) is 11.9 Å². The van der Waals surface area contributed by atoms with E-state index < -0.39 is 0 Å². The standard InChI is InChI=1S/C13H15ClN2O2/c14-9-4-5-12(10(7-9)11(15)8-17)16-13-3-1-2-6-18-13/h4-5,7-8,13,15-16H,1-3,6H2. The Balaban J connectivity index is 2.20. The van der Waals surface area contributed by atoms with Crippen LogP contribution < -0.4 is 5.32 Å². The zero-order chi connectivity index (χ0) is 13.0. The first-order valence-corrected chi connectivity index (χ1v) is 6.30. The minimum absolute atomic E-state index is 0.0573. The third kappa shape index (κ3) is 3.09. The number of anilines is 1. The predicted octanol–water partition coefficient (Wildman–Crippen LogP) is 2.85. The Kier molecular flexibility index (Phi) is 4.33. The molecular weight excluding hydrogens is 252 g/mol. The van der Waals surface area contributed by atoms with Gasteiger partial charge in [0.25, 0.3) is 0 Å². The van der Waals surface area contributed by atoms with E-state index in [1.165, 1.54) is 0 Å². The lowest BCUT2D eigenvalue weighted by Gasteiger charge is -2.25. The number of aldehydes is 1. The van der Waals surface area contributed by atoms with Crippen LogP contribution in [0.4, 0.5) is 5.69 Å².